The molecule has 2 fully saturated rings. The number of pyridine rings is 1. The smallest absolute Gasteiger partial charge is 0.234 e. The molecule has 1 amide bonds. The Morgan fingerprint density at radius 2 is 2.25 bits per heavy atom. The van der Waals surface area contributed by atoms with Crippen molar-refractivity contribution in [3.63, 3.8) is 0 Å². The molecule has 0 saturated carbocycles. The second-order valence-corrected chi connectivity index (χ2v) is 6.97. The molecule has 2 aliphatic heterocycles. The number of nitrogens with one attached hydrogen (secondary N) is 1. The van der Waals surface area contributed by atoms with Gasteiger partial charge in [0, 0.05) is 32.4 Å². The highest BCUT2D eigenvalue weighted by atomic mass is 16.5. The molecule has 0 aliphatic carbocycles. The fourth-order valence-corrected chi connectivity index (χ4v) is 3.37. The number of nitrogens with zero attached hydrogens (tertiary/aromatic N) is 2. The summed E-state index contributed by atoms with van der Waals surface area (Å²) in [6.07, 6.45) is 5.27. The number of carbonyl (C=O) groups is 1. The molecule has 2 saturated heterocycles. The Balaban J connectivity index is 1.44. The fraction of sp³-hybridized carbons (Fsp3) is 0.667. The van der Waals surface area contributed by atoms with Gasteiger partial charge in [-0.3, -0.25) is 14.7 Å². The van der Waals surface area contributed by atoms with Crippen LogP contribution in [0, 0.1) is 6.92 Å². The maximum atomic E-state index is 12.1. The van der Waals surface area contributed by atoms with Crippen molar-refractivity contribution < 1.29 is 14.6 Å². The highest BCUT2D eigenvalue weighted by molar-refractivity contribution is 5.78. The van der Waals surface area contributed by atoms with Gasteiger partial charge in [-0.1, -0.05) is 6.07 Å². The van der Waals surface area contributed by atoms with Gasteiger partial charge in [0.2, 0.25) is 5.91 Å². The summed E-state index contributed by atoms with van der Waals surface area (Å²) in [6, 6.07) is 3.88. The van der Waals surface area contributed by atoms with Crippen molar-refractivity contribution in [2.75, 3.05) is 32.8 Å². The molecule has 24 heavy (non-hydrogen) atoms. The standard InChI is InChI=1S/C18H27N3O3/c1-14-4-5-16(19-11-14)18(23)6-8-21(9-7-18)13-17(22)20-12-15-3-2-10-24-15/h4-5,11,15,23H,2-3,6-10,12-13H2,1H3,(H,20,22)/t15-/m0/s1. The van der Waals surface area contributed by atoms with Gasteiger partial charge in [0.05, 0.1) is 18.3 Å². The van der Waals surface area contributed by atoms with Gasteiger partial charge >= 0.3 is 0 Å². The van der Waals surface area contributed by atoms with E-state index >= 15 is 0 Å². The number of carbonyl (C=O) groups excluding carboxylic acids is 1. The molecular formula is C18H27N3O3. The molecule has 0 spiro atoms. The SMILES string of the molecule is Cc1ccc(C2(O)CCN(CC(=O)NC[C@@H]3CCCO3)CC2)nc1. The van der Waals surface area contributed by atoms with E-state index in [0.717, 1.165) is 30.7 Å². The zero-order valence-corrected chi connectivity index (χ0v) is 14.3. The van der Waals surface area contributed by atoms with Crippen LogP contribution in [-0.4, -0.2) is 59.8 Å². The van der Waals surface area contributed by atoms with Gasteiger partial charge in [-0.25, -0.2) is 0 Å². The predicted molar refractivity (Wildman–Crippen MR) is 90.5 cm³/mol. The quantitative estimate of drug-likeness (QED) is 0.840. The zero-order valence-electron chi connectivity index (χ0n) is 14.3. The van der Waals surface area contributed by atoms with E-state index in [2.05, 4.69) is 15.2 Å². The lowest BCUT2D eigenvalue weighted by Gasteiger charge is -2.37. The average molecular weight is 333 g/mol. The molecule has 0 aromatic carbocycles. The van der Waals surface area contributed by atoms with E-state index in [-0.39, 0.29) is 12.0 Å². The van der Waals surface area contributed by atoms with Gasteiger partial charge in [-0.2, -0.15) is 0 Å². The number of amides is 1. The van der Waals surface area contributed by atoms with Crippen molar-refractivity contribution in [1.29, 1.82) is 0 Å². The van der Waals surface area contributed by atoms with Crippen molar-refractivity contribution in [1.82, 2.24) is 15.2 Å². The number of ether oxygens (including phenoxy) is 1. The van der Waals surface area contributed by atoms with Crippen LogP contribution in [0.1, 0.15) is 36.9 Å². The number of rotatable bonds is 5. The van der Waals surface area contributed by atoms with Gasteiger partial charge in [0.15, 0.2) is 0 Å². The minimum absolute atomic E-state index is 0.0319. The van der Waals surface area contributed by atoms with Gasteiger partial charge in [-0.05, 0) is 44.2 Å². The Bertz CT molecular complexity index is 547. The molecule has 0 bridgehead atoms. The Kier molecular flexibility index (Phi) is 5.48. The Morgan fingerprint density at radius 1 is 1.46 bits per heavy atom. The molecule has 6 heteroatoms. The molecule has 3 rings (SSSR count). The van der Waals surface area contributed by atoms with Crippen LogP contribution < -0.4 is 5.32 Å². The molecule has 0 radical (unpaired) electrons. The Morgan fingerprint density at radius 3 is 2.88 bits per heavy atom. The zero-order chi connectivity index (χ0) is 17.0. The highest BCUT2D eigenvalue weighted by Crippen LogP contribution is 2.31. The minimum Gasteiger partial charge on any atom is -0.383 e. The second-order valence-electron chi connectivity index (χ2n) is 6.97. The molecular weight excluding hydrogens is 306 g/mol. The molecule has 2 aliphatic rings. The number of piperidine rings is 1. The lowest BCUT2D eigenvalue weighted by atomic mass is 9.87. The first-order chi connectivity index (χ1) is 11.5. The van der Waals surface area contributed by atoms with Crippen LogP contribution in [0.4, 0.5) is 0 Å². The number of hydrogen-bond donors (Lipinski definition) is 2. The maximum Gasteiger partial charge on any atom is 0.234 e. The van der Waals surface area contributed by atoms with Gasteiger partial charge in [0.1, 0.15) is 5.60 Å². The Hall–Kier alpha value is -1.50. The summed E-state index contributed by atoms with van der Waals surface area (Å²) >= 11 is 0. The topological polar surface area (TPSA) is 74.7 Å². The van der Waals surface area contributed by atoms with Crippen molar-refractivity contribution in [2.45, 2.75) is 44.3 Å². The van der Waals surface area contributed by atoms with Gasteiger partial charge in [0.25, 0.3) is 0 Å². The largest absolute Gasteiger partial charge is 0.383 e. The molecule has 1 aromatic heterocycles. The summed E-state index contributed by atoms with van der Waals surface area (Å²) in [5, 5.41) is 13.8. The highest BCUT2D eigenvalue weighted by Gasteiger charge is 2.35. The molecule has 2 N–H and O–H groups in total. The average Bonchev–Trinajstić information content (AvgIpc) is 3.09. The number of likely N-dealkylation sites (tertiary alicyclic amines) is 1. The predicted octanol–water partition coefficient (Wildman–Crippen LogP) is 0.969. The van der Waals surface area contributed by atoms with E-state index in [0.29, 0.717) is 39.0 Å². The summed E-state index contributed by atoms with van der Waals surface area (Å²) < 4.78 is 5.51. The maximum absolute atomic E-state index is 12.1. The van der Waals surface area contributed by atoms with E-state index in [1.807, 2.05) is 19.1 Å². The Labute approximate surface area is 143 Å². The van der Waals surface area contributed by atoms with Crippen LogP contribution in [-0.2, 0) is 15.1 Å². The molecule has 0 unspecified atom stereocenters. The lowest BCUT2D eigenvalue weighted by molar-refractivity contribution is -0.124. The van der Waals surface area contributed by atoms with Crippen LogP contribution in [0.15, 0.2) is 18.3 Å². The second kappa shape index (κ2) is 7.59. The third-order valence-electron chi connectivity index (χ3n) is 4.99. The lowest BCUT2D eigenvalue weighted by Crippen LogP contribution is -2.47. The van der Waals surface area contributed by atoms with Crippen LogP contribution in [0.5, 0.6) is 0 Å². The normalized spacial score (nSPS) is 24.0. The minimum atomic E-state index is -0.877. The summed E-state index contributed by atoms with van der Waals surface area (Å²) in [4.78, 5) is 18.5. The van der Waals surface area contributed by atoms with E-state index < -0.39 is 5.60 Å². The van der Waals surface area contributed by atoms with Gasteiger partial charge in [-0.15, -0.1) is 0 Å². The van der Waals surface area contributed by atoms with E-state index in [9.17, 15) is 9.90 Å². The van der Waals surface area contributed by atoms with E-state index in [1.165, 1.54) is 0 Å². The molecule has 6 nitrogen and oxygen atoms in total. The van der Waals surface area contributed by atoms with Crippen LogP contribution in [0.2, 0.25) is 0 Å². The van der Waals surface area contributed by atoms with Crippen LogP contribution in [0.3, 0.4) is 0 Å². The summed E-state index contributed by atoms with van der Waals surface area (Å²) in [5.74, 6) is 0.0319. The van der Waals surface area contributed by atoms with Crippen molar-refractivity contribution >= 4 is 5.91 Å². The summed E-state index contributed by atoms with van der Waals surface area (Å²) in [6.45, 7) is 5.16. The number of aromatic nitrogens is 1. The first-order valence-corrected chi connectivity index (χ1v) is 8.81. The summed E-state index contributed by atoms with van der Waals surface area (Å²) in [5.41, 5.74) is 0.941. The number of hydrogen-bond acceptors (Lipinski definition) is 5. The molecule has 3 heterocycles. The number of aliphatic hydroxyl groups is 1. The first-order valence-electron chi connectivity index (χ1n) is 8.81. The van der Waals surface area contributed by atoms with Crippen LogP contribution in [0.25, 0.3) is 0 Å². The van der Waals surface area contributed by atoms with Crippen molar-refractivity contribution in [3.8, 4) is 0 Å². The van der Waals surface area contributed by atoms with Crippen molar-refractivity contribution in [2.24, 2.45) is 0 Å². The first kappa shape index (κ1) is 17.3. The van der Waals surface area contributed by atoms with Gasteiger partial charge < -0.3 is 15.2 Å². The molecule has 132 valence electrons. The summed E-state index contributed by atoms with van der Waals surface area (Å²) in [7, 11) is 0. The van der Waals surface area contributed by atoms with E-state index in [1.54, 1.807) is 6.20 Å². The molecule has 1 aromatic rings. The monoisotopic (exact) mass is 333 g/mol. The third kappa shape index (κ3) is 4.32. The van der Waals surface area contributed by atoms with E-state index in [4.69, 9.17) is 4.74 Å². The van der Waals surface area contributed by atoms with Crippen molar-refractivity contribution in [3.05, 3.63) is 29.6 Å². The fourth-order valence-electron chi connectivity index (χ4n) is 3.37. The number of aryl methyl sites for hydroxylation is 1. The molecule has 1 atom stereocenters. The third-order valence-corrected chi connectivity index (χ3v) is 4.99. The van der Waals surface area contributed by atoms with Crippen LogP contribution >= 0.6 is 0 Å².